The first-order valence-corrected chi connectivity index (χ1v) is 8.43. The van der Waals surface area contributed by atoms with E-state index in [-0.39, 0.29) is 22.1 Å². The highest BCUT2D eigenvalue weighted by Crippen LogP contribution is 2.19. The number of aliphatic carboxylic acids is 1. The summed E-state index contributed by atoms with van der Waals surface area (Å²) in [4.78, 5) is 12.8. The van der Waals surface area contributed by atoms with Crippen LogP contribution in [0.4, 0.5) is 10.1 Å². The van der Waals surface area contributed by atoms with Crippen LogP contribution in [0.2, 0.25) is 0 Å². The molecule has 1 aromatic heterocycles. The minimum Gasteiger partial charge on any atom is -0.481 e. The molecule has 5 N–H and O–H groups in total. The Labute approximate surface area is 143 Å². The third-order valence-corrected chi connectivity index (χ3v) is 4.02. The lowest BCUT2D eigenvalue weighted by Gasteiger charge is -2.08. The molecule has 0 unspecified atom stereocenters. The highest BCUT2D eigenvalue weighted by Gasteiger charge is 2.19. The van der Waals surface area contributed by atoms with Crippen molar-refractivity contribution >= 4 is 27.5 Å². The summed E-state index contributed by atoms with van der Waals surface area (Å²) in [6.45, 7) is 3.50. The number of benzene rings is 1. The Morgan fingerprint density at radius 3 is 2.52 bits per heavy atom. The number of amidine groups is 1. The van der Waals surface area contributed by atoms with Crippen LogP contribution in [-0.2, 0) is 21.4 Å². The molecular weight excluding hydrogens is 353 g/mol. The van der Waals surface area contributed by atoms with Crippen molar-refractivity contribution in [3.05, 3.63) is 42.1 Å². The maximum Gasteiger partial charge on any atom is 0.300 e. The zero-order valence-electron chi connectivity index (χ0n) is 13.5. The number of hydrogen-bond donors (Lipinski definition) is 4. The van der Waals surface area contributed by atoms with Gasteiger partial charge in [0.2, 0.25) is 0 Å². The number of nitrogens with two attached hydrogens (primary N) is 1. The molecular formula is C14H18FN5O4S. The first-order valence-electron chi connectivity index (χ1n) is 6.95. The molecule has 0 fully saturated rings. The Balaban J connectivity index is 0.000000705. The minimum absolute atomic E-state index is 0.172. The van der Waals surface area contributed by atoms with E-state index >= 15 is 0 Å². The predicted octanol–water partition coefficient (Wildman–Crippen LogP) is 1.22. The number of hydrogen-bond acceptors (Lipinski definition) is 5. The highest BCUT2D eigenvalue weighted by atomic mass is 32.2. The molecule has 0 aliphatic rings. The second-order valence-corrected chi connectivity index (χ2v) is 6.40. The van der Waals surface area contributed by atoms with Gasteiger partial charge in [0.05, 0.1) is 12.0 Å². The normalized spacial score (nSPS) is 10.5. The lowest BCUT2D eigenvalue weighted by atomic mass is 10.2. The van der Waals surface area contributed by atoms with E-state index in [0.717, 1.165) is 13.0 Å². The van der Waals surface area contributed by atoms with Crippen LogP contribution in [0, 0.1) is 11.2 Å². The summed E-state index contributed by atoms with van der Waals surface area (Å²) in [6, 6.07) is 3.55. The number of nitrogens with zero attached hydrogens (tertiary/aromatic N) is 2. The van der Waals surface area contributed by atoms with Crippen molar-refractivity contribution in [1.82, 2.24) is 9.55 Å². The Bertz CT molecular complexity index is 875. The quantitative estimate of drug-likeness (QED) is 0.458. The molecule has 0 aliphatic carbocycles. The number of halogens is 1. The van der Waals surface area contributed by atoms with Gasteiger partial charge in [0.1, 0.15) is 11.7 Å². The zero-order chi connectivity index (χ0) is 19.2. The topological polar surface area (TPSA) is 151 Å². The fourth-order valence-corrected chi connectivity index (χ4v) is 2.63. The maximum absolute atomic E-state index is 13.8. The summed E-state index contributed by atoms with van der Waals surface area (Å²) in [6.07, 6.45) is 2.73. The molecule has 2 rings (SSSR count). The molecule has 136 valence electrons. The van der Waals surface area contributed by atoms with E-state index in [9.17, 15) is 12.8 Å². The number of sulfonamides is 1. The average molecular weight is 371 g/mol. The monoisotopic (exact) mass is 371 g/mol. The van der Waals surface area contributed by atoms with Crippen molar-refractivity contribution in [3.63, 3.8) is 0 Å². The SMILES string of the molecule is CC(=O)O.CCn1cnc(S(=O)(=O)Nc2ccc(C(=N)N)cc2F)c1. The molecule has 0 amide bonds. The number of aryl methyl sites for hydroxylation is 1. The van der Waals surface area contributed by atoms with Crippen molar-refractivity contribution < 1.29 is 22.7 Å². The van der Waals surface area contributed by atoms with Crippen LogP contribution in [0.15, 0.2) is 35.7 Å². The van der Waals surface area contributed by atoms with Crippen molar-refractivity contribution in [3.8, 4) is 0 Å². The van der Waals surface area contributed by atoms with Gasteiger partial charge in [-0.1, -0.05) is 0 Å². The second-order valence-electron chi connectivity index (χ2n) is 4.78. The predicted molar refractivity (Wildman–Crippen MR) is 89.4 cm³/mol. The number of nitrogens with one attached hydrogen (secondary N) is 2. The Morgan fingerprint density at radius 2 is 2.08 bits per heavy atom. The molecule has 0 bridgehead atoms. The second kappa shape index (κ2) is 8.24. The number of aromatic nitrogens is 2. The zero-order valence-corrected chi connectivity index (χ0v) is 14.3. The summed E-state index contributed by atoms with van der Waals surface area (Å²) >= 11 is 0. The molecule has 0 aliphatic heterocycles. The highest BCUT2D eigenvalue weighted by molar-refractivity contribution is 7.92. The summed E-state index contributed by atoms with van der Waals surface area (Å²) in [5, 5.41) is 14.4. The first-order chi connectivity index (χ1) is 11.6. The number of rotatable bonds is 5. The summed E-state index contributed by atoms with van der Waals surface area (Å²) in [5.74, 6) is -1.95. The molecule has 25 heavy (non-hydrogen) atoms. The van der Waals surface area contributed by atoms with Crippen LogP contribution in [0.25, 0.3) is 0 Å². The third-order valence-electron chi connectivity index (χ3n) is 2.77. The van der Waals surface area contributed by atoms with Crippen LogP contribution in [0.5, 0.6) is 0 Å². The fourth-order valence-electron chi connectivity index (χ4n) is 1.61. The lowest BCUT2D eigenvalue weighted by Crippen LogP contribution is -2.16. The number of carbonyl (C=O) groups is 1. The van der Waals surface area contributed by atoms with Crippen LogP contribution >= 0.6 is 0 Å². The van der Waals surface area contributed by atoms with Crippen LogP contribution in [0.1, 0.15) is 19.4 Å². The minimum atomic E-state index is -3.97. The van der Waals surface area contributed by atoms with Crippen LogP contribution in [-0.4, -0.2) is 34.9 Å². The van der Waals surface area contributed by atoms with E-state index < -0.39 is 21.8 Å². The number of imidazole rings is 1. The average Bonchev–Trinajstić information content (AvgIpc) is 2.98. The van der Waals surface area contributed by atoms with Gasteiger partial charge in [-0.3, -0.25) is 14.9 Å². The summed E-state index contributed by atoms with van der Waals surface area (Å²) < 4.78 is 41.7. The van der Waals surface area contributed by atoms with Gasteiger partial charge in [0.25, 0.3) is 16.0 Å². The van der Waals surface area contributed by atoms with E-state index in [2.05, 4.69) is 9.71 Å². The van der Waals surface area contributed by atoms with Crippen molar-refractivity contribution in [1.29, 1.82) is 5.41 Å². The largest absolute Gasteiger partial charge is 0.481 e. The number of nitrogen functional groups attached to an aromatic ring is 1. The van der Waals surface area contributed by atoms with Crippen molar-refractivity contribution in [2.45, 2.75) is 25.4 Å². The first kappa shape index (κ1) is 20.1. The van der Waals surface area contributed by atoms with Crippen LogP contribution in [0.3, 0.4) is 0 Å². The fraction of sp³-hybridized carbons (Fsp3) is 0.214. The van der Waals surface area contributed by atoms with Gasteiger partial charge < -0.3 is 15.4 Å². The molecule has 9 nitrogen and oxygen atoms in total. The van der Waals surface area contributed by atoms with E-state index in [1.165, 1.54) is 24.7 Å². The molecule has 0 radical (unpaired) electrons. The molecule has 11 heteroatoms. The molecule has 2 aromatic rings. The van der Waals surface area contributed by atoms with E-state index in [0.29, 0.717) is 6.54 Å². The van der Waals surface area contributed by atoms with E-state index in [1.54, 1.807) is 4.57 Å². The summed E-state index contributed by atoms with van der Waals surface area (Å²) in [5.41, 5.74) is 5.18. The van der Waals surface area contributed by atoms with Crippen molar-refractivity contribution in [2.75, 3.05) is 4.72 Å². The number of carboxylic acid groups (broad SMARTS) is 1. The standard InChI is InChI=1S/C12H14FN5O2S.C2H4O2/c1-2-18-6-11(16-7-18)21(19,20)17-10-4-3-8(12(14)15)5-9(10)13;1-2(3)4/h3-7,17H,2H2,1H3,(H3,14,15);1H3,(H,3,4). The van der Waals surface area contributed by atoms with Gasteiger partial charge in [-0.05, 0) is 25.1 Å². The smallest absolute Gasteiger partial charge is 0.300 e. The lowest BCUT2D eigenvalue weighted by molar-refractivity contribution is -0.134. The maximum atomic E-state index is 13.8. The number of carboxylic acids is 1. The molecule has 0 atom stereocenters. The molecule has 0 spiro atoms. The van der Waals surface area contributed by atoms with Gasteiger partial charge >= 0.3 is 0 Å². The van der Waals surface area contributed by atoms with Gasteiger partial charge in [-0.15, -0.1) is 0 Å². The molecule has 0 saturated heterocycles. The van der Waals surface area contributed by atoms with Gasteiger partial charge in [-0.25, -0.2) is 9.37 Å². The van der Waals surface area contributed by atoms with E-state index in [1.807, 2.05) is 6.92 Å². The summed E-state index contributed by atoms with van der Waals surface area (Å²) in [7, 11) is -3.97. The third kappa shape index (κ3) is 5.88. The van der Waals surface area contributed by atoms with Gasteiger partial charge in [0.15, 0.2) is 5.03 Å². The van der Waals surface area contributed by atoms with Crippen molar-refractivity contribution in [2.24, 2.45) is 5.73 Å². The molecule has 1 heterocycles. The van der Waals surface area contributed by atoms with Gasteiger partial charge in [0, 0.05) is 25.2 Å². The molecule has 0 saturated carbocycles. The van der Waals surface area contributed by atoms with Crippen LogP contribution < -0.4 is 10.5 Å². The van der Waals surface area contributed by atoms with E-state index in [4.69, 9.17) is 21.0 Å². The Kier molecular flexibility index (Phi) is 6.62. The molecule has 1 aromatic carbocycles. The Morgan fingerprint density at radius 1 is 1.48 bits per heavy atom. The number of anilines is 1. The Hall–Kier alpha value is -2.95. The van der Waals surface area contributed by atoms with Gasteiger partial charge in [-0.2, -0.15) is 8.42 Å².